The first-order chi connectivity index (χ1) is 6.46. The summed E-state index contributed by atoms with van der Waals surface area (Å²) in [4.78, 5) is 0.329. The lowest BCUT2D eigenvalue weighted by molar-refractivity contribution is 0.182. The van der Waals surface area contributed by atoms with Crippen LogP contribution in [0.3, 0.4) is 0 Å². The van der Waals surface area contributed by atoms with E-state index in [1.54, 1.807) is 19.2 Å². The Balaban J connectivity index is 3.36. The SMILES string of the molecule is COCc1c(C)[c]ccc1S(C)(=O)=O. The maximum absolute atomic E-state index is 11.4. The van der Waals surface area contributed by atoms with Crippen LogP contribution >= 0.6 is 0 Å². The molecule has 0 bridgehead atoms. The van der Waals surface area contributed by atoms with Crippen molar-refractivity contribution in [2.45, 2.75) is 18.4 Å². The standard InChI is InChI=1S/C10H13O3S/c1-8-5-4-6-10(14(3,11)12)9(8)7-13-2/h4,6H,7H2,1-3H3. The van der Waals surface area contributed by atoms with Crippen LogP contribution in [0.2, 0.25) is 0 Å². The van der Waals surface area contributed by atoms with Gasteiger partial charge in [-0.15, -0.1) is 0 Å². The number of methoxy groups -OCH3 is 1. The fourth-order valence-corrected chi connectivity index (χ4v) is 2.26. The van der Waals surface area contributed by atoms with E-state index in [4.69, 9.17) is 4.74 Å². The van der Waals surface area contributed by atoms with E-state index in [2.05, 4.69) is 6.07 Å². The predicted octanol–water partition coefficient (Wildman–Crippen LogP) is 1.35. The van der Waals surface area contributed by atoms with Crippen molar-refractivity contribution in [2.75, 3.05) is 13.4 Å². The molecule has 1 rings (SSSR count). The number of sulfone groups is 1. The van der Waals surface area contributed by atoms with Crippen molar-refractivity contribution in [3.8, 4) is 0 Å². The molecule has 0 aromatic heterocycles. The Hall–Kier alpha value is -0.870. The number of rotatable bonds is 3. The summed E-state index contributed by atoms with van der Waals surface area (Å²) in [6.07, 6.45) is 1.20. The predicted molar refractivity (Wildman–Crippen MR) is 53.8 cm³/mol. The topological polar surface area (TPSA) is 43.4 Å². The van der Waals surface area contributed by atoms with Gasteiger partial charge in [0, 0.05) is 13.4 Å². The molecule has 3 nitrogen and oxygen atoms in total. The van der Waals surface area contributed by atoms with Crippen LogP contribution in [0.5, 0.6) is 0 Å². The number of hydrogen-bond acceptors (Lipinski definition) is 3. The maximum Gasteiger partial charge on any atom is 0.175 e. The van der Waals surface area contributed by atoms with E-state index in [1.165, 1.54) is 6.26 Å². The Bertz CT molecular complexity index is 421. The van der Waals surface area contributed by atoms with Crippen LogP contribution in [0.25, 0.3) is 0 Å². The molecule has 0 aliphatic heterocycles. The third-order valence-electron chi connectivity index (χ3n) is 1.97. The fraction of sp³-hybridized carbons (Fsp3) is 0.400. The highest BCUT2D eigenvalue weighted by atomic mass is 32.2. The van der Waals surface area contributed by atoms with Gasteiger partial charge in [-0.25, -0.2) is 8.42 Å². The molecule has 1 aromatic rings. The molecule has 0 unspecified atom stereocenters. The Labute approximate surface area is 84.6 Å². The van der Waals surface area contributed by atoms with Crippen LogP contribution < -0.4 is 0 Å². The minimum Gasteiger partial charge on any atom is -0.380 e. The molecule has 0 N–H and O–H groups in total. The molecule has 4 heteroatoms. The Morgan fingerprint density at radius 2 is 2.14 bits per heavy atom. The summed E-state index contributed by atoms with van der Waals surface area (Å²) in [7, 11) is -1.64. The zero-order chi connectivity index (χ0) is 10.8. The molecule has 77 valence electrons. The highest BCUT2D eigenvalue weighted by molar-refractivity contribution is 7.90. The van der Waals surface area contributed by atoms with Gasteiger partial charge in [0.05, 0.1) is 11.5 Å². The fourth-order valence-electron chi connectivity index (χ4n) is 1.29. The zero-order valence-corrected chi connectivity index (χ0v) is 9.31. The summed E-state index contributed by atoms with van der Waals surface area (Å²) in [6, 6.07) is 6.12. The highest BCUT2D eigenvalue weighted by Crippen LogP contribution is 2.19. The summed E-state index contributed by atoms with van der Waals surface area (Å²) in [6.45, 7) is 2.12. The maximum atomic E-state index is 11.4. The lowest BCUT2D eigenvalue weighted by Crippen LogP contribution is -2.05. The minimum atomic E-state index is -3.18. The lowest BCUT2D eigenvalue weighted by Gasteiger charge is -2.09. The third kappa shape index (κ3) is 2.33. The Morgan fingerprint density at radius 1 is 1.50 bits per heavy atom. The van der Waals surface area contributed by atoms with Crippen LogP contribution in [-0.4, -0.2) is 21.8 Å². The molecule has 0 spiro atoms. The van der Waals surface area contributed by atoms with Gasteiger partial charge < -0.3 is 4.74 Å². The monoisotopic (exact) mass is 213 g/mol. The molecule has 0 fully saturated rings. The van der Waals surface area contributed by atoms with Crippen molar-refractivity contribution < 1.29 is 13.2 Å². The van der Waals surface area contributed by atoms with Gasteiger partial charge in [0.15, 0.2) is 9.84 Å². The van der Waals surface area contributed by atoms with Crippen LogP contribution in [0.15, 0.2) is 17.0 Å². The summed E-state index contributed by atoms with van der Waals surface area (Å²) in [5, 5.41) is 0. The van der Waals surface area contributed by atoms with E-state index in [1.807, 2.05) is 6.92 Å². The molecule has 0 atom stereocenters. The van der Waals surface area contributed by atoms with Gasteiger partial charge in [-0.3, -0.25) is 0 Å². The summed E-state index contributed by atoms with van der Waals surface area (Å²) < 4.78 is 27.8. The van der Waals surface area contributed by atoms with E-state index >= 15 is 0 Å². The molecule has 0 saturated carbocycles. The van der Waals surface area contributed by atoms with Gasteiger partial charge in [0.1, 0.15) is 0 Å². The first-order valence-electron chi connectivity index (χ1n) is 4.16. The van der Waals surface area contributed by atoms with Crippen LogP contribution in [0.1, 0.15) is 11.1 Å². The van der Waals surface area contributed by atoms with E-state index in [9.17, 15) is 8.42 Å². The largest absolute Gasteiger partial charge is 0.380 e. The summed E-state index contributed by atoms with van der Waals surface area (Å²) >= 11 is 0. The second-order valence-corrected chi connectivity index (χ2v) is 5.13. The lowest BCUT2D eigenvalue weighted by atomic mass is 10.1. The molecular formula is C10H13O3S. The van der Waals surface area contributed by atoms with Crippen molar-refractivity contribution in [1.82, 2.24) is 0 Å². The van der Waals surface area contributed by atoms with E-state index in [-0.39, 0.29) is 0 Å². The molecular weight excluding hydrogens is 200 g/mol. The van der Waals surface area contributed by atoms with Crippen LogP contribution in [0, 0.1) is 13.0 Å². The molecule has 0 saturated heterocycles. The van der Waals surface area contributed by atoms with Gasteiger partial charge in [-0.05, 0) is 30.2 Å². The third-order valence-corrected chi connectivity index (χ3v) is 3.15. The average molecular weight is 213 g/mol. The molecule has 0 amide bonds. The normalized spacial score (nSPS) is 11.6. The Morgan fingerprint density at radius 3 is 2.64 bits per heavy atom. The van der Waals surface area contributed by atoms with Crippen molar-refractivity contribution in [3.63, 3.8) is 0 Å². The van der Waals surface area contributed by atoms with Gasteiger partial charge in [-0.2, -0.15) is 0 Å². The molecule has 0 heterocycles. The zero-order valence-electron chi connectivity index (χ0n) is 8.49. The average Bonchev–Trinajstić information content (AvgIpc) is 2.07. The van der Waals surface area contributed by atoms with Crippen molar-refractivity contribution in [1.29, 1.82) is 0 Å². The highest BCUT2D eigenvalue weighted by Gasteiger charge is 2.14. The smallest absolute Gasteiger partial charge is 0.175 e. The second-order valence-electron chi connectivity index (χ2n) is 3.15. The van der Waals surface area contributed by atoms with Crippen molar-refractivity contribution in [2.24, 2.45) is 0 Å². The quantitative estimate of drug-likeness (QED) is 0.761. The van der Waals surface area contributed by atoms with E-state index in [0.29, 0.717) is 17.1 Å². The molecule has 1 aromatic carbocycles. The number of ether oxygens (including phenoxy) is 1. The Kier molecular flexibility index (Phi) is 3.29. The van der Waals surface area contributed by atoms with E-state index in [0.717, 1.165) is 5.56 Å². The summed E-state index contributed by atoms with van der Waals surface area (Å²) in [5.74, 6) is 0. The number of benzene rings is 1. The minimum absolute atomic E-state index is 0.297. The first-order valence-corrected chi connectivity index (χ1v) is 6.05. The van der Waals surface area contributed by atoms with Crippen molar-refractivity contribution in [3.05, 3.63) is 29.3 Å². The molecule has 14 heavy (non-hydrogen) atoms. The number of hydrogen-bond donors (Lipinski definition) is 0. The van der Waals surface area contributed by atoms with Crippen LogP contribution in [0.4, 0.5) is 0 Å². The first kappa shape index (κ1) is 11.2. The van der Waals surface area contributed by atoms with Gasteiger partial charge in [-0.1, -0.05) is 6.07 Å². The van der Waals surface area contributed by atoms with E-state index < -0.39 is 9.84 Å². The van der Waals surface area contributed by atoms with Gasteiger partial charge in [0.25, 0.3) is 0 Å². The van der Waals surface area contributed by atoms with Crippen LogP contribution in [-0.2, 0) is 21.2 Å². The summed E-state index contributed by atoms with van der Waals surface area (Å²) in [5.41, 5.74) is 1.51. The molecule has 1 radical (unpaired) electrons. The van der Waals surface area contributed by atoms with Crippen molar-refractivity contribution >= 4 is 9.84 Å². The molecule has 0 aliphatic carbocycles. The van der Waals surface area contributed by atoms with Gasteiger partial charge >= 0.3 is 0 Å². The van der Waals surface area contributed by atoms with Gasteiger partial charge in [0.2, 0.25) is 0 Å². The number of aryl methyl sites for hydroxylation is 1. The molecule has 0 aliphatic rings. The second kappa shape index (κ2) is 4.11.